The van der Waals surface area contributed by atoms with Gasteiger partial charge in [-0.1, -0.05) is 23.7 Å². The highest BCUT2D eigenvalue weighted by molar-refractivity contribution is 6.30. The summed E-state index contributed by atoms with van der Waals surface area (Å²) in [6.45, 7) is 3.66. The molecule has 1 heterocycles. The van der Waals surface area contributed by atoms with Crippen molar-refractivity contribution < 1.29 is 4.79 Å². The number of rotatable bonds is 3. The molecule has 6 heteroatoms. The number of aromatic nitrogens is 1. The zero-order valence-corrected chi connectivity index (χ0v) is 13.4. The van der Waals surface area contributed by atoms with Gasteiger partial charge in [0.05, 0.1) is 11.7 Å². The predicted molar refractivity (Wildman–Crippen MR) is 88.4 cm³/mol. The van der Waals surface area contributed by atoms with Crippen molar-refractivity contribution in [2.24, 2.45) is 7.05 Å². The predicted octanol–water partition coefficient (Wildman–Crippen LogP) is 3.23. The van der Waals surface area contributed by atoms with Crippen molar-refractivity contribution in [3.05, 3.63) is 63.0 Å². The first-order chi connectivity index (χ1) is 10.4. The van der Waals surface area contributed by atoms with E-state index in [4.69, 9.17) is 11.6 Å². The summed E-state index contributed by atoms with van der Waals surface area (Å²) >= 11 is 5.85. The second-order valence-electron chi connectivity index (χ2n) is 5.19. The molecule has 0 saturated heterocycles. The van der Waals surface area contributed by atoms with E-state index in [0.717, 1.165) is 11.1 Å². The number of hydrogen-bond donors (Lipinski definition) is 2. The number of urea groups is 1. The topological polar surface area (TPSA) is 63.1 Å². The number of anilines is 1. The van der Waals surface area contributed by atoms with Gasteiger partial charge in [0.1, 0.15) is 0 Å². The SMILES string of the molecule is Cc1cc(=O)n(C)cc1NC(=O)N[C@H](C)c1ccc(Cl)cc1. The molecule has 1 atom stereocenters. The van der Waals surface area contributed by atoms with E-state index < -0.39 is 0 Å². The highest BCUT2D eigenvalue weighted by atomic mass is 35.5. The molecule has 0 spiro atoms. The summed E-state index contributed by atoms with van der Waals surface area (Å²) in [5.74, 6) is 0. The molecule has 0 fully saturated rings. The number of halogens is 1. The molecule has 0 unspecified atom stereocenters. The number of pyridine rings is 1. The van der Waals surface area contributed by atoms with Crippen molar-refractivity contribution in [1.82, 2.24) is 9.88 Å². The lowest BCUT2D eigenvalue weighted by Gasteiger charge is -2.16. The summed E-state index contributed by atoms with van der Waals surface area (Å²) in [6.07, 6.45) is 1.60. The molecule has 0 aliphatic carbocycles. The maximum atomic E-state index is 12.1. The van der Waals surface area contributed by atoms with Gasteiger partial charge in [0, 0.05) is 24.3 Å². The van der Waals surface area contributed by atoms with E-state index in [9.17, 15) is 9.59 Å². The van der Waals surface area contributed by atoms with Gasteiger partial charge in [0.25, 0.3) is 5.56 Å². The number of nitrogens with one attached hydrogen (secondary N) is 2. The van der Waals surface area contributed by atoms with E-state index in [2.05, 4.69) is 10.6 Å². The van der Waals surface area contributed by atoms with E-state index in [1.807, 2.05) is 19.1 Å². The van der Waals surface area contributed by atoms with Crippen molar-refractivity contribution in [1.29, 1.82) is 0 Å². The van der Waals surface area contributed by atoms with E-state index in [-0.39, 0.29) is 17.6 Å². The van der Waals surface area contributed by atoms with E-state index in [1.54, 1.807) is 32.3 Å². The first kappa shape index (κ1) is 16.1. The fraction of sp³-hybridized carbons (Fsp3) is 0.250. The number of carbonyl (C=O) groups is 1. The van der Waals surface area contributed by atoms with Crippen molar-refractivity contribution in [2.45, 2.75) is 19.9 Å². The lowest BCUT2D eigenvalue weighted by Crippen LogP contribution is -2.32. The highest BCUT2D eigenvalue weighted by Crippen LogP contribution is 2.16. The molecule has 116 valence electrons. The van der Waals surface area contributed by atoms with Gasteiger partial charge >= 0.3 is 6.03 Å². The minimum atomic E-state index is -0.329. The van der Waals surface area contributed by atoms with Gasteiger partial charge in [0.15, 0.2) is 0 Å². The second kappa shape index (κ2) is 6.66. The van der Waals surface area contributed by atoms with Crippen molar-refractivity contribution in [3.8, 4) is 0 Å². The quantitative estimate of drug-likeness (QED) is 0.912. The van der Waals surface area contributed by atoms with Gasteiger partial charge in [-0.15, -0.1) is 0 Å². The Bertz CT molecular complexity index is 738. The average molecular weight is 320 g/mol. The third-order valence-electron chi connectivity index (χ3n) is 3.40. The van der Waals surface area contributed by atoms with Crippen molar-refractivity contribution in [3.63, 3.8) is 0 Å². The Morgan fingerprint density at radius 2 is 1.91 bits per heavy atom. The largest absolute Gasteiger partial charge is 0.331 e. The lowest BCUT2D eigenvalue weighted by atomic mass is 10.1. The Morgan fingerprint density at radius 3 is 2.55 bits per heavy atom. The maximum Gasteiger partial charge on any atom is 0.319 e. The zero-order chi connectivity index (χ0) is 16.3. The lowest BCUT2D eigenvalue weighted by molar-refractivity contribution is 0.249. The van der Waals surface area contributed by atoms with Gasteiger partial charge in [-0.2, -0.15) is 0 Å². The van der Waals surface area contributed by atoms with Crippen molar-refractivity contribution >= 4 is 23.3 Å². The van der Waals surface area contributed by atoms with Crippen LogP contribution in [0.3, 0.4) is 0 Å². The average Bonchev–Trinajstić information content (AvgIpc) is 2.45. The zero-order valence-electron chi connectivity index (χ0n) is 12.7. The number of aryl methyl sites for hydroxylation is 2. The number of nitrogens with zero attached hydrogens (tertiary/aromatic N) is 1. The Hall–Kier alpha value is -2.27. The van der Waals surface area contributed by atoms with E-state index in [1.165, 1.54) is 10.6 Å². The number of carbonyl (C=O) groups excluding carboxylic acids is 1. The summed E-state index contributed by atoms with van der Waals surface area (Å²) < 4.78 is 1.42. The molecule has 2 rings (SSSR count). The van der Waals surface area contributed by atoms with E-state index in [0.29, 0.717) is 10.7 Å². The molecule has 2 aromatic rings. The highest BCUT2D eigenvalue weighted by Gasteiger charge is 2.11. The summed E-state index contributed by atoms with van der Waals surface area (Å²) in [7, 11) is 1.64. The Labute approximate surface area is 133 Å². The van der Waals surface area contributed by atoms with E-state index >= 15 is 0 Å². The minimum Gasteiger partial charge on any atom is -0.331 e. The number of amides is 2. The summed E-state index contributed by atoms with van der Waals surface area (Å²) in [4.78, 5) is 23.6. The third-order valence-corrected chi connectivity index (χ3v) is 3.65. The molecule has 0 aliphatic rings. The molecular formula is C16H18ClN3O2. The molecule has 0 aliphatic heterocycles. The molecule has 0 bridgehead atoms. The van der Waals surface area contributed by atoms with Gasteiger partial charge in [-0.25, -0.2) is 4.79 Å². The molecule has 1 aromatic heterocycles. The summed E-state index contributed by atoms with van der Waals surface area (Å²) in [6, 6.07) is 8.29. The molecule has 0 saturated carbocycles. The van der Waals surface area contributed by atoms with Gasteiger partial charge in [-0.3, -0.25) is 4.79 Å². The fourth-order valence-electron chi connectivity index (χ4n) is 2.04. The monoisotopic (exact) mass is 319 g/mol. The van der Waals surface area contributed by atoms with Crippen LogP contribution in [0.25, 0.3) is 0 Å². The first-order valence-corrected chi connectivity index (χ1v) is 7.25. The van der Waals surface area contributed by atoms with Crippen LogP contribution in [0.4, 0.5) is 10.5 Å². The van der Waals surface area contributed by atoms with Crippen LogP contribution in [0.5, 0.6) is 0 Å². The van der Waals surface area contributed by atoms with Crippen LogP contribution in [0.1, 0.15) is 24.1 Å². The fourth-order valence-corrected chi connectivity index (χ4v) is 2.17. The van der Waals surface area contributed by atoms with Crippen LogP contribution >= 0.6 is 11.6 Å². The molecular weight excluding hydrogens is 302 g/mol. The number of hydrogen-bond acceptors (Lipinski definition) is 2. The first-order valence-electron chi connectivity index (χ1n) is 6.87. The normalized spacial score (nSPS) is 11.8. The summed E-state index contributed by atoms with van der Waals surface area (Å²) in [5, 5.41) is 6.25. The second-order valence-corrected chi connectivity index (χ2v) is 5.63. The smallest absolute Gasteiger partial charge is 0.319 e. The van der Waals surface area contributed by atoms with Crippen LogP contribution in [0.2, 0.25) is 5.02 Å². The molecule has 0 radical (unpaired) electrons. The Kier molecular flexibility index (Phi) is 4.88. The van der Waals surface area contributed by atoms with Crippen LogP contribution in [0, 0.1) is 6.92 Å². The maximum absolute atomic E-state index is 12.1. The Morgan fingerprint density at radius 1 is 1.27 bits per heavy atom. The van der Waals surface area contributed by atoms with Crippen LogP contribution in [-0.4, -0.2) is 10.6 Å². The Balaban J connectivity index is 2.05. The van der Waals surface area contributed by atoms with Gasteiger partial charge in [0.2, 0.25) is 0 Å². The minimum absolute atomic E-state index is 0.113. The summed E-state index contributed by atoms with van der Waals surface area (Å²) in [5.41, 5.74) is 2.16. The van der Waals surface area contributed by atoms with Crippen molar-refractivity contribution in [2.75, 3.05) is 5.32 Å². The number of benzene rings is 1. The molecule has 2 N–H and O–H groups in total. The van der Waals surface area contributed by atoms with Gasteiger partial charge < -0.3 is 15.2 Å². The van der Waals surface area contributed by atoms with Crippen LogP contribution < -0.4 is 16.2 Å². The molecule has 22 heavy (non-hydrogen) atoms. The van der Waals surface area contributed by atoms with Crippen LogP contribution in [0.15, 0.2) is 41.3 Å². The molecule has 1 aromatic carbocycles. The van der Waals surface area contributed by atoms with Gasteiger partial charge in [-0.05, 0) is 37.1 Å². The molecule has 5 nitrogen and oxygen atoms in total. The third kappa shape index (κ3) is 3.89. The van der Waals surface area contributed by atoms with Crippen LogP contribution in [-0.2, 0) is 7.05 Å². The molecule has 2 amide bonds. The standard InChI is InChI=1S/C16H18ClN3O2/c1-10-8-15(21)20(3)9-14(10)19-16(22)18-11(2)12-4-6-13(17)7-5-12/h4-9,11H,1-3H3,(H2,18,19,22)/t11-/m1/s1.